The van der Waals surface area contributed by atoms with Crippen molar-refractivity contribution in [3.05, 3.63) is 60.3 Å². The third kappa shape index (κ3) is 4.74. The van der Waals surface area contributed by atoms with E-state index in [4.69, 9.17) is 4.74 Å². The van der Waals surface area contributed by atoms with Crippen molar-refractivity contribution in [2.45, 2.75) is 62.9 Å². The average Bonchev–Trinajstić information content (AvgIpc) is 3.13. The van der Waals surface area contributed by atoms with Crippen LogP contribution in [-0.4, -0.2) is 53.6 Å². The Morgan fingerprint density at radius 3 is 2.41 bits per heavy atom. The lowest BCUT2D eigenvalue weighted by Crippen LogP contribution is -2.67. The smallest absolute Gasteiger partial charge is 0.317 e. The third-order valence-corrected chi connectivity index (χ3v) is 8.33. The molecule has 1 aliphatic carbocycles. The Balaban J connectivity index is 1.33. The minimum absolute atomic E-state index is 0.0537. The highest BCUT2D eigenvalue weighted by Crippen LogP contribution is 2.42. The van der Waals surface area contributed by atoms with Gasteiger partial charge in [-0.3, -0.25) is 4.79 Å². The summed E-state index contributed by atoms with van der Waals surface area (Å²) in [4.78, 5) is 22.2. The number of quaternary nitrogens is 1. The van der Waals surface area contributed by atoms with E-state index in [0.29, 0.717) is 29.3 Å². The maximum absolute atomic E-state index is 13.9. The van der Waals surface area contributed by atoms with Crippen LogP contribution in [0.4, 0.5) is 5.82 Å². The Labute approximate surface area is 202 Å². The molecular formula is C28H35N3O3. The molecule has 4 aliphatic rings. The largest absolute Gasteiger partial charge is 0.858 e. The van der Waals surface area contributed by atoms with Gasteiger partial charge < -0.3 is 14.3 Å². The van der Waals surface area contributed by atoms with Gasteiger partial charge in [0.2, 0.25) is 0 Å². The molecule has 0 spiro atoms. The van der Waals surface area contributed by atoms with Gasteiger partial charge in [-0.25, -0.2) is 9.98 Å². The number of hydrogen-bond acceptors (Lipinski definition) is 5. The molecule has 0 radical (unpaired) electrons. The van der Waals surface area contributed by atoms with Crippen LogP contribution in [0.1, 0.15) is 56.9 Å². The second kappa shape index (κ2) is 9.87. The Kier molecular flexibility index (Phi) is 6.68. The number of piperidine rings is 3. The monoisotopic (exact) mass is 461 g/mol. The SMILES string of the molecule is O=C(O[C@H]1C[N+]2(C/C([O-])=N/c3ccccn3)CCC1CC2)C1(c2ccccc2)CCCCCC1. The lowest BCUT2D eigenvalue weighted by atomic mass is 9.74. The van der Waals surface area contributed by atoms with Crippen molar-refractivity contribution < 1.29 is 19.1 Å². The van der Waals surface area contributed by atoms with Gasteiger partial charge in [0.1, 0.15) is 13.1 Å². The van der Waals surface area contributed by atoms with Gasteiger partial charge in [0.25, 0.3) is 0 Å². The summed E-state index contributed by atoms with van der Waals surface area (Å²) in [6, 6.07) is 15.7. The predicted molar refractivity (Wildman–Crippen MR) is 129 cm³/mol. The zero-order valence-corrected chi connectivity index (χ0v) is 19.9. The zero-order valence-electron chi connectivity index (χ0n) is 19.9. The number of hydrogen-bond donors (Lipinski definition) is 0. The Morgan fingerprint density at radius 1 is 1.03 bits per heavy atom. The third-order valence-electron chi connectivity index (χ3n) is 8.33. The molecule has 6 heteroatoms. The highest BCUT2D eigenvalue weighted by Gasteiger charge is 2.50. The number of aliphatic imine (C=N–C) groups is 1. The average molecular weight is 462 g/mol. The summed E-state index contributed by atoms with van der Waals surface area (Å²) in [6.45, 7) is 2.96. The second-order valence-electron chi connectivity index (χ2n) is 10.5. The topological polar surface area (TPSA) is 74.6 Å². The van der Waals surface area contributed by atoms with E-state index in [9.17, 15) is 9.90 Å². The first kappa shape index (κ1) is 23.0. The van der Waals surface area contributed by atoms with Crippen molar-refractivity contribution in [2.75, 3.05) is 26.2 Å². The highest BCUT2D eigenvalue weighted by molar-refractivity contribution is 5.83. The Bertz CT molecular complexity index is 992. The molecule has 1 aromatic carbocycles. The first-order chi connectivity index (χ1) is 16.6. The van der Waals surface area contributed by atoms with Crippen molar-refractivity contribution >= 4 is 17.7 Å². The van der Waals surface area contributed by atoms with Crippen LogP contribution in [-0.2, 0) is 14.9 Å². The standard InChI is InChI=1S/C28H35N3O3/c32-26(30-25-12-6-9-17-29-25)21-31-18-13-22(14-19-31)24(20-31)34-27(33)28(15-7-1-2-8-16-28)23-10-4-3-5-11-23/h3-6,9-12,17,22,24H,1-2,7-8,13-16,18-21H2/t22?,24-,31?/m0/s1. The van der Waals surface area contributed by atoms with Crippen molar-refractivity contribution in [2.24, 2.45) is 10.9 Å². The summed E-state index contributed by atoms with van der Waals surface area (Å²) in [5.74, 6) is 0.653. The molecule has 34 heavy (non-hydrogen) atoms. The summed E-state index contributed by atoms with van der Waals surface area (Å²) in [5, 5.41) is 12.8. The summed E-state index contributed by atoms with van der Waals surface area (Å²) in [7, 11) is 0. The number of ether oxygens (including phenoxy) is 1. The molecule has 3 saturated heterocycles. The van der Waals surface area contributed by atoms with Crippen molar-refractivity contribution in [3.63, 3.8) is 0 Å². The molecule has 0 amide bonds. The summed E-state index contributed by atoms with van der Waals surface area (Å²) in [6.07, 6.45) is 9.69. The van der Waals surface area contributed by atoms with Crippen LogP contribution in [0, 0.1) is 5.92 Å². The fourth-order valence-electron chi connectivity index (χ4n) is 6.40. The normalized spacial score (nSPS) is 28.8. The Morgan fingerprint density at radius 2 is 1.74 bits per heavy atom. The molecule has 0 unspecified atom stereocenters. The maximum atomic E-state index is 13.9. The second-order valence-corrected chi connectivity index (χ2v) is 10.5. The van der Waals surface area contributed by atoms with Crippen molar-refractivity contribution in [1.82, 2.24) is 4.98 Å². The van der Waals surface area contributed by atoms with E-state index in [0.717, 1.165) is 57.2 Å². The van der Waals surface area contributed by atoms with Crippen LogP contribution in [0.2, 0.25) is 0 Å². The van der Waals surface area contributed by atoms with Crippen molar-refractivity contribution in [1.29, 1.82) is 0 Å². The molecule has 0 N–H and O–H groups in total. The Hall–Kier alpha value is -2.73. The molecule has 1 aromatic heterocycles. The summed E-state index contributed by atoms with van der Waals surface area (Å²) in [5.41, 5.74) is 0.551. The first-order valence-corrected chi connectivity index (χ1v) is 12.9. The molecule has 4 fully saturated rings. The van der Waals surface area contributed by atoms with Gasteiger partial charge >= 0.3 is 5.97 Å². The number of aromatic nitrogens is 1. The van der Waals surface area contributed by atoms with Gasteiger partial charge in [-0.1, -0.05) is 62.1 Å². The molecule has 4 heterocycles. The van der Waals surface area contributed by atoms with Crippen LogP contribution in [0.5, 0.6) is 0 Å². The number of carbonyl (C=O) groups is 1. The molecule has 6 nitrogen and oxygen atoms in total. The van der Waals surface area contributed by atoms with Crippen LogP contribution in [0.15, 0.2) is 59.7 Å². The van der Waals surface area contributed by atoms with Crippen LogP contribution in [0.25, 0.3) is 0 Å². The molecule has 6 rings (SSSR count). The lowest BCUT2D eigenvalue weighted by Gasteiger charge is -2.53. The summed E-state index contributed by atoms with van der Waals surface area (Å²) >= 11 is 0. The van der Waals surface area contributed by atoms with Gasteiger partial charge in [0, 0.05) is 30.9 Å². The van der Waals surface area contributed by atoms with Crippen LogP contribution >= 0.6 is 0 Å². The number of pyridine rings is 1. The number of rotatable bonds is 6. The van der Waals surface area contributed by atoms with E-state index in [1.165, 1.54) is 12.8 Å². The number of esters is 1. The van der Waals surface area contributed by atoms with Crippen molar-refractivity contribution in [3.8, 4) is 0 Å². The fraction of sp³-hybridized carbons (Fsp3) is 0.536. The molecular weight excluding hydrogens is 426 g/mol. The summed E-state index contributed by atoms with van der Waals surface area (Å²) < 4.78 is 7.06. The minimum atomic E-state index is -0.543. The van der Waals surface area contributed by atoms with Gasteiger partial charge in [0.15, 0.2) is 11.9 Å². The number of carbonyl (C=O) groups excluding carboxylic acids is 1. The van der Waals surface area contributed by atoms with Gasteiger partial charge in [0.05, 0.1) is 18.5 Å². The molecule has 1 saturated carbocycles. The predicted octanol–water partition coefficient (Wildman–Crippen LogP) is 3.92. The van der Waals surface area contributed by atoms with E-state index in [1.54, 1.807) is 12.3 Å². The van der Waals surface area contributed by atoms with E-state index in [-0.39, 0.29) is 18.0 Å². The number of fused-ring (bicyclic) bond motifs is 3. The molecule has 3 aliphatic heterocycles. The first-order valence-electron chi connectivity index (χ1n) is 12.9. The quantitative estimate of drug-likeness (QED) is 0.215. The number of nitrogens with zero attached hydrogens (tertiary/aromatic N) is 3. The van der Waals surface area contributed by atoms with E-state index in [2.05, 4.69) is 22.1 Å². The lowest BCUT2D eigenvalue weighted by molar-refractivity contribution is -0.939. The van der Waals surface area contributed by atoms with E-state index < -0.39 is 5.41 Å². The van der Waals surface area contributed by atoms with Crippen LogP contribution in [0.3, 0.4) is 0 Å². The fourth-order valence-corrected chi connectivity index (χ4v) is 6.40. The van der Waals surface area contributed by atoms with E-state index >= 15 is 0 Å². The zero-order chi connectivity index (χ0) is 23.4. The minimum Gasteiger partial charge on any atom is -0.858 e. The van der Waals surface area contributed by atoms with E-state index in [1.807, 2.05) is 30.3 Å². The van der Waals surface area contributed by atoms with Gasteiger partial charge in [-0.15, -0.1) is 0 Å². The van der Waals surface area contributed by atoms with Crippen LogP contribution < -0.4 is 5.11 Å². The molecule has 1 atom stereocenters. The maximum Gasteiger partial charge on any atom is 0.317 e. The highest BCUT2D eigenvalue weighted by atomic mass is 16.5. The molecule has 180 valence electrons. The molecule has 2 bridgehead atoms. The number of benzene rings is 1. The van der Waals surface area contributed by atoms with Gasteiger partial charge in [-0.2, -0.15) is 0 Å². The van der Waals surface area contributed by atoms with Gasteiger partial charge in [-0.05, 0) is 30.5 Å². The molecule has 2 aromatic rings.